The number of benzene rings is 2. The summed E-state index contributed by atoms with van der Waals surface area (Å²) in [7, 11) is 1.58. The number of nitriles is 1. The Morgan fingerprint density at radius 2 is 1.97 bits per heavy atom. The molecule has 0 radical (unpaired) electrons. The van der Waals surface area contributed by atoms with Crippen molar-refractivity contribution in [2.75, 3.05) is 25.6 Å². The van der Waals surface area contributed by atoms with Gasteiger partial charge in [0, 0.05) is 12.2 Å². The van der Waals surface area contributed by atoms with Gasteiger partial charge < -0.3 is 24.3 Å². The number of hydrogen-bond donors (Lipinski definition) is 2. The molecule has 30 heavy (non-hydrogen) atoms. The minimum atomic E-state index is -0.553. The Bertz CT molecular complexity index is 927. The molecule has 2 saturated heterocycles. The van der Waals surface area contributed by atoms with E-state index in [1.807, 2.05) is 18.2 Å². The SMILES string of the molecule is COc1ccc(NC(=O)O[C@@H]2CO[C@H]3[C@@H]2OC[C@@H]3NCc2cccc(C#N)c2)cc1. The summed E-state index contributed by atoms with van der Waals surface area (Å²) in [5.74, 6) is 0.707. The Balaban J connectivity index is 1.28. The van der Waals surface area contributed by atoms with Gasteiger partial charge in [0.1, 0.15) is 18.0 Å². The van der Waals surface area contributed by atoms with Crippen LogP contribution in [0.5, 0.6) is 5.75 Å². The van der Waals surface area contributed by atoms with Crippen LogP contribution in [0.2, 0.25) is 0 Å². The van der Waals surface area contributed by atoms with Crippen molar-refractivity contribution in [1.82, 2.24) is 5.32 Å². The van der Waals surface area contributed by atoms with Gasteiger partial charge in [-0.3, -0.25) is 5.32 Å². The first kappa shape index (κ1) is 20.2. The molecule has 0 unspecified atom stereocenters. The average molecular weight is 409 g/mol. The zero-order valence-corrected chi connectivity index (χ0v) is 16.5. The molecule has 2 aliphatic rings. The van der Waals surface area contributed by atoms with Crippen LogP contribution in [0, 0.1) is 11.3 Å². The lowest BCUT2D eigenvalue weighted by molar-refractivity contribution is 0.00854. The van der Waals surface area contributed by atoms with E-state index in [2.05, 4.69) is 16.7 Å². The molecule has 4 rings (SSSR count). The van der Waals surface area contributed by atoms with Crippen LogP contribution >= 0.6 is 0 Å². The molecular formula is C22H23N3O5. The summed E-state index contributed by atoms with van der Waals surface area (Å²) in [5.41, 5.74) is 2.26. The largest absolute Gasteiger partial charge is 0.497 e. The van der Waals surface area contributed by atoms with Gasteiger partial charge in [-0.15, -0.1) is 0 Å². The van der Waals surface area contributed by atoms with Crippen molar-refractivity contribution in [3.63, 3.8) is 0 Å². The molecule has 0 spiro atoms. The maximum absolute atomic E-state index is 12.2. The van der Waals surface area contributed by atoms with Gasteiger partial charge in [0.25, 0.3) is 0 Å². The van der Waals surface area contributed by atoms with E-state index in [4.69, 9.17) is 24.2 Å². The predicted octanol–water partition coefficient (Wildman–Crippen LogP) is 2.44. The van der Waals surface area contributed by atoms with Crippen LogP contribution in [-0.4, -0.2) is 50.8 Å². The third-order valence-corrected chi connectivity index (χ3v) is 5.23. The highest BCUT2D eigenvalue weighted by Crippen LogP contribution is 2.29. The summed E-state index contributed by atoms with van der Waals surface area (Å²) in [5, 5.41) is 15.1. The molecule has 1 amide bonds. The van der Waals surface area contributed by atoms with Crippen LogP contribution in [0.4, 0.5) is 10.5 Å². The van der Waals surface area contributed by atoms with Crippen LogP contribution in [0.15, 0.2) is 48.5 Å². The Kier molecular flexibility index (Phi) is 6.14. The van der Waals surface area contributed by atoms with Crippen molar-refractivity contribution in [1.29, 1.82) is 5.26 Å². The normalized spacial score (nSPS) is 24.7. The lowest BCUT2D eigenvalue weighted by atomic mass is 10.1. The van der Waals surface area contributed by atoms with Crippen molar-refractivity contribution in [2.45, 2.75) is 30.9 Å². The number of carbonyl (C=O) groups excluding carboxylic acids is 1. The van der Waals surface area contributed by atoms with Gasteiger partial charge in [0.2, 0.25) is 0 Å². The van der Waals surface area contributed by atoms with Gasteiger partial charge >= 0.3 is 6.09 Å². The summed E-state index contributed by atoms with van der Waals surface area (Å²) in [6, 6.07) is 16.6. The number of methoxy groups -OCH3 is 1. The molecule has 0 saturated carbocycles. The summed E-state index contributed by atoms with van der Waals surface area (Å²) < 4.78 is 22.3. The van der Waals surface area contributed by atoms with Gasteiger partial charge in [-0.05, 0) is 42.0 Å². The number of fused-ring (bicyclic) bond motifs is 1. The molecule has 2 heterocycles. The van der Waals surface area contributed by atoms with Crippen molar-refractivity contribution in [3.05, 3.63) is 59.7 Å². The zero-order chi connectivity index (χ0) is 20.9. The first-order valence-corrected chi connectivity index (χ1v) is 9.73. The topological polar surface area (TPSA) is 102 Å². The van der Waals surface area contributed by atoms with E-state index >= 15 is 0 Å². The summed E-state index contributed by atoms with van der Waals surface area (Å²) in [4.78, 5) is 12.2. The summed E-state index contributed by atoms with van der Waals surface area (Å²) >= 11 is 0. The second-order valence-corrected chi connectivity index (χ2v) is 7.19. The molecule has 2 aromatic rings. The highest BCUT2D eigenvalue weighted by Gasteiger charge is 2.49. The minimum absolute atomic E-state index is 0.0148. The molecule has 2 aromatic carbocycles. The Morgan fingerprint density at radius 1 is 1.17 bits per heavy atom. The van der Waals surface area contributed by atoms with Crippen LogP contribution < -0.4 is 15.4 Å². The number of rotatable bonds is 6. The van der Waals surface area contributed by atoms with E-state index in [9.17, 15) is 4.79 Å². The fourth-order valence-electron chi connectivity index (χ4n) is 3.70. The van der Waals surface area contributed by atoms with Gasteiger partial charge in [-0.1, -0.05) is 12.1 Å². The molecule has 0 bridgehead atoms. The fourth-order valence-corrected chi connectivity index (χ4v) is 3.70. The standard InChI is InChI=1S/C22H23N3O5/c1-27-17-7-5-16(6-8-17)25-22(26)30-19-13-29-20-18(12-28-21(19)20)24-11-15-4-2-3-14(9-15)10-23/h2-9,18-21,24H,11-13H2,1H3,(H,25,26)/t18-,19+,20+,21+/m0/s1. The van der Waals surface area contributed by atoms with Crippen LogP contribution in [0.1, 0.15) is 11.1 Å². The van der Waals surface area contributed by atoms with Gasteiger partial charge in [-0.2, -0.15) is 5.26 Å². The molecule has 2 N–H and O–H groups in total. The Morgan fingerprint density at radius 3 is 2.73 bits per heavy atom. The molecule has 0 aromatic heterocycles. The Labute approximate surface area is 174 Å². The molecule has 8 heteroatoms. The minimum Gasteiger partial charge on any atom is -0.497 e. The highest BCUT2D eigenvalue weighted by atomic mass is 16.6. The first-order valence-electron chi connectivity index (χ1n) is 9.73. The maximum Gasteiger partial charge on any atom is 0.412 e. The molecule has 4 atom stereocenters. The fraction of sp³-hybridized carbons (Fsp3) is 0.364. The van der Waals surface area contributed by atoms with Crippen LogP contribution in [0.25, 0.3) is 0 Å². The van der Waals surface area contributed by atoms with Crippen LogP contribution in [0.3, 0.4) is 0 Å². The third kappa shape index (κ3) is 4.54. The van der Waals surface area contributed by atoms with Crippen molar-refractivity contribution < 1.29 is 23.7 Å². The summed E-state index contributed by atoms with van der Waals surface area (Å²) in [6.45, 7) is 1.35. The molecule has 2 aliphatic heterocycles. The molecule has 8 nitrogen and oxygen atoms in total. The number of anilines is 1. The number of carbonyl (C=O) groups is 1. The predicted molar refractivity (Wildman–Crippen MR) is 108 cm³/mol. The number of amides is 1. The summed E-state index contributed by atoms with van der Waals surface area (Å²) in [6.07, 6.45) is -1.53. The molecule has 2 fully saturated rings. The number of ether oxygens (including phenoxy) is 4. The van der Waals surface area contributed by atoms with E-state index in [1.54, 1.807) is 37.4 Å². The lowest BCUT2D eigenvalue weighted by Gasteiger charge is -2.18. The molecule has 0 aliphatic carbocycles. The lowest BCUT2D eigenvalue weighted by Crippen LogP contribution is -2.41. The van der Waals surface area contributed by atoms with Gasteiger partial charge in [0.15, 0.2) is 6.10 Å². The van der Waals surface area contributed by atoms with Crippen LogP contribution in [-0.2, 0) is 20.8 Å². The first-order chi connectivity index (χ1) is 14.7. The molecule has 156 valence electrons. The smallest absolute Gasteiger partial charge is 0.412 e. The van der Waals surface area contributed by atoms with E-state index in [0.29, 0.717) is 30.2 Å². The van der Waals surface area contributed by atoms with Crippen molar-refractivity contribution in [3.8, 4) is 11.8 Å². The van der Waals surface area contributed by atoms with Gasteiger partial charge in [-0.25, -0.2) is 4.79 Å². The van der Waals surface area contributed by atoms with Crippen molar-refractivity contribution in [2.24, 2.45) is 0 Å². The quantitative estimate of drug-likeness (QED) is 0.756. The van der Waals surface area contributed by atoms with E-state index < -0.39 is 12.2 Å². The highest BCUT2D eigenvalue weighted by molar-refractivity contribution is 5.84. The third-order valence-electron chi connectivity index (χ3n) is 5.23. The van der Waals surface area contributed by atoms with Gasteiger partial charge in [0.05, 0.1) is 38.0 Å². The Hall–Kier alpha value is -3.12. The number of nitrogens with zero attached hydrogens (tertiary/aromatic N) is 1. The van der Waals surface area contributed by atoms with E-state index in [-0.39, 0.29) is 24.9 Å². The van der Waals surface area contributed by atoms with Crippen molar-refractivity contribution >= 4 is 11.8 Å². The van der Waals surface area contributed by atoms with E-state index in [1.165, 1.54) is 0 Å². The second kappa shape index (κ2) is 9.13. The average Bonchev–Trinajstić information content (AvgIpc) is 3.36. The zero-order valence-electron chi connectivity index (χ0n) is 16.5. The number of hydrogen-bond acceptors (Lipinski definition) is 7. The second-order valence-electron chi connectivity index (χ2n) is 7.19. The number of nitrogens with one attached hydrogen (secondary N) is 2. The van der Waals surface area contributed by atoms with E-state index in [0.717, 1.165) is 5.56 Å². The monoisotopic (exact) mass is 409 g/mol. The maximum atomic E-state index is 12.2. The molecular weight excluding hydrogens is 386 g/mol.